The SMILES string of the molecule is c1ccc(-c2nc3ccc4ccc5ccc(N(c6ccc7c8ccccc8n(-c8ccccc8)c7c6)c6ccccc6-c6cccc7ccccc67)cc5c4c3o2)cc1. The molecular weight excluding hydrogens is 719 g/mol. The normalized spacial score (nSPS) is 11.7. The predicted molar refractivity (Wildman–Crippen MR) is 246 cm³/mol. The maximum Gasteiger partial charge on any atom is 0.227 e. The molecular formula is C55H35N3O. The van der Waals surface area contributed by atoms with Crippen LogP contribution in [-0.4, -0.2) is 9.55 Å². The Morgan fingerprint density at radius 2 is 1.05 bits per heavy atom. The van der Waals surface area contributed by atoms with E-state index in [1.807, 2.05) is 30.3 Å². The van der Waals surface area contributed by atoms with E-state index in [2.05, 4.69) is 191 Å². The van der Waals surface area contributed by atoms with Gasteiger partial charge < -0.3 is 13.9 Å². The van der Waals surface area contributed by atoms with Crippen LogP contribution >= 0.6 is 0 Å². The zero-order chi connectivity index (χ0) is 38.9. The molecule has 12 rings (SSSR count). The van der Waals surface area contributed by atoms with E-state index in [9.17, 15) is 0 Å². The quantitative estimate of drug-likeness (QED) is 0.159. The van der Waals surface area contributed by atoms with E-state index in [-0.39, 0.29) is 0 Å². The summed E-state index contributed by atoms with van der Waals surface area (Å²) in [4.78, 5) is 7.39. The number of nitrogens with zero attached hydrogens (tertiary/aromatic N) is 3. The van der Waals surface area contributed by atoms with E-state index in [4.69, 9.17) is 9.40 Å². The lowest BCUT2D eigenvalue weighted by atomic mass is 9.95. The minimum atomic E-state index is 0.619. The number of para-hydroxylation sites is 3. The van der Waals surface area contributed by atoms with Gasteiger partial charge >= 0.3 is 0 Å². The van der Waals surface area contributed by atoms with Crippen LogP contribution in [0.2, 0.25) is 0 Å². The molecule has 0 saturated carbocycles. The zero-order valence-electron chi connectivity index (χ0n) is 32.0. The number of fused-ring (bicyclic) bond motifs is 9. The third kappa shape index (κ3) is 5.34. The van der Waals surface area contributed by atoms with Crippen LogP contribution in [0.5, 0.6) is 0 Å². The third-order valence-corrected chi connectivity index (χ3v) is 11.8. The molecule has 0 atom stereocenters. The van der Waals surface area contributed by atoms with E-state index < -0.39 is 0 Å². The smallest absolute Gasteiger partial charge is 0.227 e. The molecule has 0 aliphatic heterocycles. The number of hydrogen-bond acceptors (Lipinski definition) is 3. The Bertz CT molecular complexity index is 3560. The fraction of sp³-hybridized carbons (Fsp3) is 0. The Labute approximate surface area is 340 Å². The second-order valence-corrected chi connectivity index (χ2v) is 15.1. The van der Waals surface area contributed by atoms with Gasteiger partial charge in [0.1, 0.15) is 5.52 Å². The Kier molecular flexibility index (Phi) is 7.50. The van der Waals surface area contributed by atoms with E-state index in [0.29, 0.717) is 5.89 Å². The van der Waals surface area contributed by atoms with Gasteiger partial charge in [-0.1, -0.05) is 146 Å². The highest BCUT2D eigenvalue weighted by molar-refractivity contribution is 6.19. The first-order valence-electron chi connectivity index (χ1n) is 20.0. The summed E-state index contributed by atoms with van der Waals surface area (Å²) < 4.78 is 9.06. The van der Waals surface area contributed by atoms with Crippen LogP contribution in [0.1, 0.15) is 0 Å². The summed E-state index contributed by atoms with van der Waals surface area (Å²) >= 11 is 0. The highest BCUT2D eigenvalue weighted by atomic mass is 16.3. The van der Waals surface area contributed by atoms with Crippen molar-refractivity contribution in [3.63, 3.8) is 0 Å². The molecule has 0 saturated heterocycles. The molecule has 10 aromatic carbocycles. The Balaban J connectivity index is 1.15. The lowest BCUT2D eigenvalue weighted by Crippen LogP contribution is -2.11. The van der Waals surface area contributed by atoms with Gasteiger partial charge in [0.05, 0.1) is 16.7 Å². The first-order chi connectivity index (χ1) is 29.3. The highest BCUT2D eigenvalue weighted by Gasteiger charge is 2.22. The van der Waals surface area contributed by atoms with Crippen LogP contribution in [-0.2, 0) is 0 Å². The standard InChI is InChI=1S/C55H35N3O/c1-3-15-39(16-4-1)55-56-49-33-29-38-27-26-37-28-30-41(34-48(37)53(38)54(49)59-55)57(50-24-11-9-21-45(50)44-23-13-17-36-14-7-8-20-43(36)44)42-31-32-47-46-22-10-12-25-51(46)58(52(47)35-42)40-18-5-2-6-19-40/h1-35H. The highest BCUT2D eigenvalue weighted by Crippen LogP contribution is 2.46. The molecule has 0 bridgehead atoms. The second-order valence-electron chi connectivity index (χ2n) is 15.1. The van der Waals surface area contributed by atoms with Crippen molar-refractivity contribution in [3.8, 4) is 28.3 Å². The molecule has 2 heterocycles. The van der Waals surface area contributed by atoms with Crippen LogP contribution in [0.15, 0.2) is 217 Å². The number of rotatable bonds is 6. The summed E-state index contributed by atoms with van der Waals surface area (Å²) in [5, 5.41) is 9.26. The Morgan fingerprint density at radius 1 is 0.424 bits per heavy atom. The van der Waals surface area contributed by atoms with Crippen LogP contribution in [0, 0.1) is 0 Å². The minimum absolute atomic E-state index is 0.619. The Hall–Kier alpha value is -7.95. The second kappa shape index (κ2) is 13.3. The van der Waals surface area contributed by atoms with Gasteiger partial charge in [0, 0.05) is 44.3 Å². The molecule has 0 aliphatic rings. The maximum atomic E-state index is 6.67. The number of anilines is 3. The molecule has 4 heteroatoms. The summed E-state index contributed by atoms with van der Waals surface area (Å²) in [5.41, 5.74) is 11.6. The lowest BCUT2D eigenvalue weighted by molar-refractivity contribution is 0.623. The molecule has 276 valence electrons. The van der Waals surface area contributed by atoms with Crippen molar-refractivity contribution in [2.24, 2.45) is 0 Å². The first-order valence-corrected chi connectivity index (χ1v) is 20.0. The van der Waals surface area contributed by atoms with E-state index in [1.165, 1.54) is 32.6 Å². The van der Waals surface area contributed by atoms with Crippen LogP contribution in [0.3, 0.4) is 0 Å². The van der Waals surface area contributed by atoms with Gasteiger partial charge in [-0.15, -0.1) is 0 Å². The molecule has 0 aliphatic carbocycles. The average Bonchev–Trinajstić information content (AvgIpc) is 3.89. The summed E-state index contributed by atoms with van der Waals surface area (Å²) in [7, 11) is 0. The number of hydrogen-bond donors (Lipinski definition) is 0. The number of benzene rings is 10. The molecule has 0 unspecified atom stereocenters. The van der Waals surface area contributed by atoms with E-state index in [0.717, 1.165) is 72.0 Å². The van der Waals surface area contributed by atoms with Gasteiger partial charge in [0.15, 0.2) is 5.58 Å². The zero-order valence-corrected chi connectivity index (χ0v) is 32.0. The van der Waals surface area contributed by atoms with Crippen molar-refractivity contribution in [1.82, 2.24) is 9.55 Å². The molecule has 0 N–H and O–H groups in total. The fourth-order valence-corrected chi connectivity index (χ4v) is 9.09. The summed E-state index contributed by atoms with van der Waals surface area (Å²) in [6.45, 7) is 0. The van der Waals surface area contributed by atoms with Crippen molar-refractivity contribution < 1.29 is 4.42 Å². The largest absolute Gasteiger partial charge is 0.435 e. The first kappa shape index (κ1) is 33.2. The lowest BCUT2D eigenvalue weighted by Gasteiger charge is -2.29. The molecule has 0 spiro atoms. The van der Waals surface area contributed by atoms with Crippen molar-refractivity contribution in [2.45, 2.75) is 0 Å². The maximum absolute atomic E-state index is 6.67. The van der Waals surface area contributed by atoms with Crippen molar-refractivity contribution >= 4 is 82.3 Å². The van der Waals surface area contributed by atoms with E-state index in [1.54, 1.807) is 0 Å². The van der Waals surface area contributed by atoms with Gasteiger partial charge in [-0.05, 0) is 99.2 Å². The molecule has 0 radical (unpaired) electrons. The molecule has 2 aromatic heterocycles. The predicted octanol–water partition coefficient (Wildman–Crippen LogP) is 15.2. The average molecular weight is 754 g/mol. The molecule has 12 aromatic rings. The fourth-order valence-electron chi connectivity index (χ4n) is 9.09. The Morgan fingerprint density at radius 3 is 1.95 bits per heavy atom. The van der Waals surface area contributed by atoms with Crippen LogP contribution in [0.4, 0.5) is 17.1 Å². The molecule has 0 amide bonds. The van der Waals surface area contributed by atoms with Gasteiger partial charge in [-0.2, -0.15) is 0 Å². The third-order valence-electron chi connectivity index (χ3n) is 11.8. The van der Waals surface area contributed by atoms with Crippen molar-refractivity contribution in [1.29, 1.82) is 0 Å². The summed E-state index contributed by atoms with van der Waals surface area (Å²) in [5.74, 6) is 0.619. The van der Waals surface area contributed by atoms with Crippen LogP contribution in [0.25, 0.3) is 93.5 Å². The molecule has 0 fully saturated rings. The summed E-state index contributed by atoms with van der Waals surface area (Å²) in [6.07, 6.45) is 0. The van der Waals surface area contributed by atoms with E-state index >= 15 is 0 Å². The van der Waals surface area contributed by atoms with Gasteiger partial charge in [-0.25, -0.2) is 4.98 Å². The molecule has 4 nitrogen and oxygen atoms in total. The summed E-state index contributed by atoms with van der Waals surface area (Å²) in [6, 6.07) is 75.9. The van der Waals surface area contributed by atoms with Crippen molar-refractivity contribution in [2.75, 3.05) is 4.90 Å². The minimum Gasteiger partial charge on any atom is -0.435 e. The van der Waals surface area contributed by atoms with Crippen LogP contribution < -0.4 is 4.90 Å². The topological polar surface area (TPSA) is 34.2 Å². The number of oxazole rings is 1. The monoisotopic (exact) mass is 753 g/mol. The van der Waals surface area contributed by atoms with Gasteiger partial charge in [-0.3, -0.25) is 0 Å². The number of aromatic nitrogens is 2. The molecule has 59 heavy (non-hydrogen) atoms. The van der Waals surface area contributed by atoms with Crippen molar-refractivity contribution in [3.05, 3.63) is 212 Å². The van der Waals surface area contributed by atoms with Gasteiger partial charge in [0.25, 0.3) is 0 Å². The van der Waals surface area contributed by atoms with Gasteiger partial charge in [0.2, 0.25) is 5.89 Å².